The van der Waals surface area contributed by atoms with Gasteiger partial charge in [0.2, 0.25) is 17.7 Å². The van der Waals surface area contributed by atoms with Gasteiger partial charge in [-0.1, -0.05) is 25.1 Å². The minimum Gasteiger partial charge on any atom is -0.355 e. The van der Waals surface area contributed by atoms with Crippen molar-refractivity contribution in [1.29, 1.82) is 0 Å². The first kappa shape index (κ1) is 22.7. The second-order valence-corrected chi connectivity index (χ2v) is 7.01. The monoisotopic (exact) mass is 413 g/mol. The number of alkyl halides is 3. The van der Waals surface area contributed by atoms with E-state index in [1.165, 1.54) is 19.1 Å². The average Bonchev–Trinajstić information content (AvgIpc) is 2.68. The highest BCUT2D eigenvalue weighted by Gasteiger charge is 2.31. The van der Waals surface area contributed by atoms with Crippen LogP contribution in [0.5, 0.6) is 0 Å². The minimum absolute atomic E-state index is 0.0236. The van der Waals surface area contributed by atoms with Crippen LogP contribution in [0.3, 0.4) is 0 Å². The number of nitrogens with zero attached hydrogens (tertiary/aromatic N) is 2. The lowest BCUT2D eigenvalue weighted by Gasteiger charge is -2.34. The molecule has 2 rings (SSSR count). The van der Waals surface area contributed by atoms with Gasteiger partial charge in [0.25, 0.3) is 0 Å². The summed E-state index contributed by atoms with van der Waals surface area (Å²) >= 11 is 0. The van der Waals surface area contributed by atoms with E-state index in [-0.39, 0.29) is 24.8 Å². The Balaban J connectivity index is 1.86. The predicted molar refractivity (Wildman–Crippen MR) is 101 cm³/mol. The molecule has 1 aliphatic rings. The second-order valence-electron chi connectivity index (χ2n) is 7.01. The average molecular weight is 413 g/mol. The van der Waals surface area contributed by atoms with E-state index in [0.717, 1.165) is 12.1 Å². The summed E-state index contributed by atoms with van der Waals surface area (Å²) in [5.74, 6) is -1.27. The summed E-state index contributed by atoms with van der Waals surface area (Å²) in [4.78, 5) is 39.4. The Labute approximate surface area is 168 Å². The molecule has 6 nitrogen and oxygen atoms in total. The van der Waals surface area contributed by atoms with Crippen molar-refractivity contribution in [2.45, 2.75) is 38.8 Å². The maximum absolute atomic E-state index is 12.9. The molecular weight excluding hydrogens is 387 g/mol. The molecule has 1 atom stereocenters. The third kappa shape index (κ3) is 6.20. The summed E-state index contributed by atoms with van der Waals surface area (Å²) in [7, 11) is 0. The highest BCUT2D eigenvalue weighted by Crippen LogP contribution is 2.31. The molecule has 9 heteroatoms. The molecular formula is C20H26F3N3O3. The fraction of sp³-hybridized carbons (Fsp3) is 0.550. The highest BCUT2D eigenvalue weighted by molar-refractivity contribution is 5.84. The van der Waals surface area contributed by atoms with Crippen molar-refractivity contribution >= 4 is 17.7 Å². The van der Waals surface area contributed by atoms with Crippen molar-refractivity contribution in [2.75, 3.05) is 32.7 Å². The Morgan fingerprint density at radius 1 is 1.10 bits per heavy atom. The first-order valence-electron chi connectivity index (χ1n) is 9.61. The van der Waals surface area contributed by atoms with Crippen molar-refractivity contribution in [3.63, 3.8) is 0 Å². The van der Waals surface area contributed by atoms with Gasteiger partial charge in [0.15, 0.2) is 0 Å². The Bertz CT molecular complexity index is 744. The van der Waals surface area contributed by atoms with E-state index in [4.69, 9.17) is 0 Å². The third-order valence-corrected chi connectivity index (χ3v) is 5.06. The van der Waals surface area contributed by atoms with Crippen LogP contribution in [-0.4, -0.2) is 60.2 Å². The molecule has 0 saturated carbocycles. The minimum atomic E-state index is -4.47. The quantitative estimate of drug-likeness (QED) is 0.779. The summed E-state index contributed by atoms with van der Waals surface area (Å²) < 4.78 is 38.7. The van der Waals surface area contributed by atoms with Gasteiger partial charge in [-0.15, -0.1) is 0 Å². The van der Waals surface area contributed by atoms with Crippen molar-refractivity contribution in [2.24, 2.45) is 0 Å². The fourth-order valence-electron chi connectivity index (χ4n) is 3.35. The molecule has 1 heterocycles. The van der Waals surface area contributed by atoms with E-state index >= 15 is 0 Å². The van der Waals surface area contributed by atoms with Gasteiger partial charge < -0.3 is 15.1 Å². The first-order chi connectivity index (χ1) is 13.6. The zero-order valence-electron chi connectivity index (χ0n) is 16.6. The molecule has 0 unspecified atom stereocenters. The number of halogens is 3. The van der Waals surface area contributed by atoms with Crippen molar-refractivity contribution < 1.29 is 27.6 Å². The molecule has 0 bridgehead atoms. The van der Waals surface area contributed by atoms with Crippen LogP contribution in [0.15, 0.2) is 24.3 Å². The van der Waals surface area contributed by atoms with Crippen molar-refractivity contribution in [3.05, 3.63) is 35.4 Å². The van der Waals surface area contributed by atoms with E-state index in [0.29, 0.717) is 38.2 Å². The van der Waals surface area contributed by atoms with Gasteiger partial charge in [-0.05, 0) is 18.1 Å². The predicted octanol–water partition coefficient (Wildman–Crippen LogP) is 2.40. The summed E-state index contributed by atoms with van der Waals surface area (Å²) in [5.41, 5.74) is -0.493. The SMILES string of the molecule is CC[C@H](C(=O)NCCC(=O)N1CCN(C(C)=O)CC1)c1cccc(C(F)(F)F)c1. The maximum Gasteiger partial charge on any atom is 0.416 e. The molecule has 0 radical (unpaired) electrons. The Hall–Kier alpha value is -2.58. The van der Waals surface area contributed by atoms with Gasteiger partial charge >= 0.3 is 6.18 Å². The summed E-state index contributed by atoms with van der Waals surface area (Å²) in [6, 6.07) is 4.76. The molecule has 0 spiro atoms. The number of hydrogen-bond donors (Lipinski definition) is 1. The molecule has 0 aliphatic carbocycles. The standard InChI is InChI=1S/C20H26F3N3O3/c1-3-17(15-5-4-6-16(13-15)20(21,22)23)19(29)24-8-7-18(28)26-11-9-25(10-12-26)14(2)27/h4-6,13,17H,3,7-12H2,1-2H3,(H,24,29)/t17-/m0/s1. The first-order valence-corrected chi connectivity index (χ1v) is 9.61. The fourth-order valence-corrected chi connectivity index (χ4v) is 3.35. The van der Waals surface area contributed by atoms with Crippen molar-refractivity contribution in [3.8, 4) is 0 Å². The van der Waals surface area contributed by atoms with Gasteiger partial charge in [-0.25, -0.2) is 0 Å². The Morgan fingerprint density at radius 2 is 1.72 bits per heavy atom. The van der Waals surface area contributed by atoms with Gasteiger partial charge in [-0.3, -0.25) is 14.4 Å². The highest BCUT2D eigenvalue weighted by atomic mass is 19.4. The molecule has 1 aromatic rings. The van der Waals surface area contributed by atoms with E-state index in [9.17, 15) is 27.6 Å². The Morgan fingerprint density at radius 3 is 2.28 bits per heavy atom. The molecule has 3 amide bonds. The summed E-state index contributed by atoms with van der Waals surface area (Å²) in [6.45, 7) is 5.20. The molecule has 29 heavy (non-hydrogen) atoms. The molecule has 1 fully saturated rings. The number of nitrogens with one attached hydrogen (secondary N) is 1. The summed E-state index contributed by atoms with van der Waals surface area (Å²) in [5, 5.41) is 2.66. The van der Waals surface area contributed by atoms with Crippen LogP contribution in [0, 0.1) is 0 Å². The van der Waals surface area contributed by atoms with Crippen LogP contribution >= 0.6 is 0 Å². The van der Waals surface area contributed by atoms with E-state index in [2.05, 4.69) is 5.32 Å². The second kappa shape index (κ2) is 9.76. The van der Waals surface area contributed by atoms with Crippen LogP contribution in [0.2, 0.25) is 0 Å². The van der Waals surface area contributed by atoms with Gasteiger partial charge in [0.1, 0.15) is 0 Å². The molecule has 160 valence electrons. The van der Waals surface area contributed by atoms with E-state index in [1.54, 1.807) is 16.7 Å². The lowest BCUT2D eigenvalue weighted by Crippen LogP contribution is -2.50. The van der Waals surface area contributed by atoms with E-state index < -0.39 is 23.6 Å². The molecule has 1 N–H and O–H groups in total. The third-order valence-electron chi connectivity index (χ3n) is 5.06. The normalized spacial score (nSPS) is 15.8. The topological polar surface area (TPSA) is 69.7 Å². The number of carbonyl (C=O) groups excluding carboxylic acids is 3. The lowest BCUT2D eigenvalue weighted by molar-refractivity contribution is -0.138. The number of amides is 3. The van der Waals surface area contributed by atoms with Gasteiger partial charge in [-0.2, -0.15) is 13.2 Å². The van der Waals surface area contributed by atoms with Crippen LogP contribution in [-0.2, 0) is 20.6 Å². The van der Waals surface area contributed by atoms with Crippen LogP contribution in [0.1, 0.15) is 43.7 Å². The maximum atomic E-state index is 12.9. The molecule has 1 aromatic carbocycles. The number of hydrogen-bond acceptors (Lipinski definition) is 3. The van der Waals surface area contributed by atoms with Crippen molar-refractivity contribution in [1.82, 2.24) is 15.1 Å². The van der Waals surface area contributed by atoms with Gasteiger partial charge in [0, 0.05) is 46.1 Å². The summed E-state index contributed by atoms with van der Waals surface area (Å²) in [6.07, 6.45) is -4.03. The number of piperazine rings is 1. The smallest absolute Gasteiger partial charge is 0.355 e. The molecule has 1 aliphatic heterocycles. The molecule has 0 aromatic heterocycles. The number of rotatable bonds is 6. The lowest BCUT2D eigenvalue weighted by atomic mass is 9.94. The number of carbonyl (C=O) groups is 3. The Kier molecular flexibility index (Phi) is 7.64. The van der Waals surface area contributed by atoms with Crippen LogP contribution < -0.4 is 5.32 Å². The molecule has 1 saturated heterocycles. The van der Waals surface area contributed by atoms with Crippen LogP contribution in [0.25, 0.3) is 0 Å². The number of benzene rings is 1. The van der Waals surface area contributed by atoms with E-state index in [1.807, 2.05) is 0 Å². The van der Waals surface area contributed by atoms with Gasteiger partial charge in [0.05, 0.1) is 11.5 Å². The zero-order chi connectivity index (χ0) is 21.6. The van der Waals surface area contributed by atoms with Crippen LogP contribution in [0.4, 0.5) is 13.2 Å². The zero-order valence-corrected chi connectivity index (χ0v) is 16.6. The largest absolute Gasteiger partial charge is 0.416 e.